The molecule has 0 saturated carbocycles. The van der Waals surface area contributed by atoms with E-state index in [1.54, 1.807) is 6.92 Å². The molecule has 10 heteroatoms. The first-order valence-electron chi connectivity index (χ1n) is 9.49. The minimum absolute atomic E-state index is 0.0948. The van der Waals surface area contributed by atoms with Gasteiger partial charge in [-0.05, 0) is 43.9 Å². The van der Waals surface area contributed by atoms with Crippen molar-refractivity contribution in [1.29, 1.82) is 0 Å². The molecule has 2 aliphatic rings. The highest BCUT2D eigenvalue weighted by Crippen LogP contribution is 2.50. The maximum atomic E-state index is 13.4. The number of oxazole rings is 1. The van der Waals surface area contributed by atoms with Crippen molar-refractivity contribution >= 4 is 17.7 Å². The Bertz CT molecular complexity index is 1020. The summed E-state index contributed by atoms with van der Waals surface area (Å²) in [4.78, 5) is 30.0. The van der Waals surface area contributed by atoms with Gasteiger partial charge in [0, 0.05) is 18.2 Å². The van der Waals surface area contributed by atoms with Gasteiger partial charge in [0.15, 0.2) is 0 Å². The predicted octanol–water partition coefficient (Wildman–Crippen LogP) is 4.53. The number of amides is 2. The van der Waals surface area contributed by atoms with E-state index in [0.29, 0.717) is 25.0 Å². The highest BCUT2D eigenvalue weighted by atomic mass is 19.4. The van der Waals surface area contributed by atoms with E-state index in [9.17, 15) is 27.9 Å². The number of nitrogens with one attached hydrogen (secondary N) is 1. The maximum Gasteiger partial charge on any atom is 0.417 e. The topological polar surface area (TPSA) is 95.7 Å². The molecule has 3 heterocycles. The molecule has 2 aliphatic heterocycles. The fraction of sp³-hybridized carbons (Fsp3) is 0.450. The molecular formula is C20H20F3N3O4. The normalized spacial score (nSPS) is 25.6. The van der Waals surface area contributed by atoms with Crippen molar-refractivity contribution in [2.45, 2.75) is 50.9 Å². The molecule has 1 aromatic heterocycles. The van der Waals surface area contributed by atoms with Crippen LogP contribution in [0.2, 0.25) is 0 Å². The monoisotopic (exact) mass is 423 g/mol. The lowest BCUT2D eigenvalue weighted by Crippen LogP contribution is -2.75. The van der Waals surface area contributed by atoms with Gasteiger partial charge in [-0.2, -0.15) is 13.2 Å². The van der Waals surface area contributed by atoms with E-state index in [1.807, 2.05) is 6.92 Å². The summed E-state index contributed by atoms with van der Waals surface area (Å²) in [5.74, 6) is -1.11. The molecule has 2 amide bonds. The molecule has 2 saturated heterocycles. The van der Waals surface area contributed by atoms with E-state index in [-0.39, 0.29) is 29.1 Å². The van der Waals surface area contributed by atoms with Crippen molar-refractivity contribution in [1.82, 2.24) is 9.88 Å². The molecule has 0 radical (unpaired) electrons. The summed E-state index contributed by atoms with van der Waals surface area (Å²) in [6, 6.07) is 2.27. The summed E-state index contributed by atoms with van der Waals surface area (Å²) in [5.41, 5.74) is -2.01. The van der Waals surface area contributed by atoms with Gasteiger partial charge in [-0.3, -0.25) is 0 Å². The van der Waals surface area contributed by atoms with E-state index >= 15 is 0 Å². The lowest BCUT2D eigenvalue weighted by atomic mass is 9.64. The lowest BCUT2D eigenvalue weighted by molar-refractivity contribution is -0.173. The quantitative estimate of drug-likeness (QED) is 0.756. The zero-order valence-electron chi connectivity index (χ0n) is 16.3. The molecule has 2 aromatic rings. The number of rotatable bonds is 3. The SMILES string of the molecule is Cc1coc(-c2cc(NC(=O)N3C4C[C@@H](C)CC3(C(=O)O)C4)ccc2C(F)(F)F)n1. The van der Waals surface area contributed by atoms with E-state index in [1.165, 1.54) is 11.2 Å². The number of alkyl halides is 3. The Morgan fingerprint density at radius 1 is 1.33 bits per heavy atom. The molecule has 4 rings (SSSR count). The number of fused-ring (bicyclic) bond motifs is 2. The Balaban J connectivity index is 1.64. The summed E-state index contributed by atoms with van der Waals surface area (Å²) in [6.45, 7) is 3.53. The molecular weight excluding hydrogens is 403 g/mol. The number of hydrogen-bond donors (Lipinski definition) is 2. The van der Waals surface area contributed by atoms with E-state index in [2.05, 4.69) is 10.3 Å². The van der Waals surface area contributed by atoms with Crippen molar-refractivity contribution in [3.05, 3.63) is 35.7 Å². The predicted molar refractivity (Wildman–Crippen MR) is 99.7 cm³/mol. The number of carbonyl (C=O) groups is 2. The van der Waals surface area contributed by atoms with Gasteiger partial charge in [0.2, 0.25) is 5.89 Å². The summed E-state index contributed by atoms with van der Waals surface area (Å²) in [7, 11) is 0. The number of hydrogen-bond acceptors (Lipinski definition) is 4. The Kier molecular flexibility index (Phi) is 4.55. The molecule has 30 heavy (non-hydrogen) atoms. The Morgan fingerprint density at radius 3 is 2.67 bits per heavy atom. The first-order valence-corrected chi connectivity index (χ1v) is 9.49. The van der Waals surface area contributed by atoms with Crippen LogP contribution in [0.25, 0.3) is 11.5 Å². The van der Waals surface area contributed by atoms with Gasteiger partial charge in [-0.25, -0.2) is 14.6 Å². The van der Waals surface area contributed by atoms with Crippen molar-refractivity contribution in [2.75, 3.05) is 5.32 Å². The van der Waals surface area contributed by atoms with E-state index in [0.717, 1.165) is 18.2 Å². The highest BCUT2D eigenvalue weighted by Gasteiger charge is 2.63. The molecule has 0 aliphatic carbocycles. The van der Waals surface area contributed by atoms with Gasteiger partial charge in [0.05, 0.1) is 16.8 Å². The van der Waals surface area contributed by atoms with Crippen LogP contribution in [0.1, 0.15) is 37.4 Å². The average Bonchev–Trinajstić information content (AvgIpc) is 3.06. The standard InChI is InChI=1S/C20H20F3N3O4/c1-10-5-13-8-19(7-10,17(27)28)26(13)18(29)25-12-3-4-15(20(21,22)23)14(6-12)16-24-11(2)9-30-16/h3-4,6,9-10,13H,5,7-8H2,1-2H3,(H,25,29)(H,27,28)/t10-,13?,19?/m1/s1. The number of nitrogens with zero attached hydrogens (tertiary/aromatic N) is 2. The van der Waals surface area contributed by atoms with Gasteiger partial charge < -0.3 is 19.7 Å². The lowest BCUT2D eigenvalue weighted by Gasteiger charge is -2.60. The molecule has 2 bridgehead atoms. The fourth-order valence-corrected chi connectivity index (χ4v) is 4.66. The average molecular weight is 423 g/mol. The van der Waals surface area contributed by atoms with Crippen LogP contribution in [0.3, 0.4) is 0 Å². The fourth-order valence-electron chi connectivity index (χ4n) is 4.66. The van der Waals surface area contributed by atoms with Gasteiger partial charge in [0.25, 0.3) is 0 Å². The number of aliphatic carboxylic acids is 1. The van der Waals surface area contributed by atoms with Crippen LogP contribution in [0, 0.1) is 12.8 Å². The Hall–Kier alpha value is -3.04. The number of piperidine rings is 1. The number of carbonyl (C=O) groups excluding carboxylic acids is 1. The summed E-state index contributed by atoms with van der Waals surface area (Å²) in [5, 5.41) is 12.2. The van der Waals surface area contributed by atoms with Crippen LogP contribution in [0.15, 0.2) is 28.9 Å². The van der Waals surface area contributed by atoms with Gasteiger partial charge in [-0.15, -0.1) is 0 Å². The number of aromatic nitrogens is 1. The second kappa shape index (κ2) is 6.75. The van der Waals surface area contributed by atoms with E-state index in [4.69, 9.17) is 4.42 Å². The first kappa shape index (κ1) is 20.2. The zero-order chi connectivity index (χ0) is 21.8. The van der Waals surface area contributed by atoms with Crippen LogP contribution >= 0.6 is 0 Å². The third-order valence-corrected chi connectivity index (χ3v) is 5.80. The van der Waals surface area contributed by atoms with Crippen molar-refractivity contribution in [2.24, 2.45) is 5.92 Å². The number of urea groups is 1. The summed E-state index contributed by atoms with van der Waals surface area (Å²) in [6.07, 6.45) is -1.98. The van der Waals surface area contributed by atoms with Crippen molar-refractivity contribution in [3.8, 4) is 11.5 Å². The smallest absolute Gasteiger partial charge is 0.417 e. The number of carboxylic acid groups (broad SMARTS) is 1. The minimum Gasteiger partial charge on any atom is -0.479 e. The van der Waals surface area contributed by atoms with E-state index < -0.39 is 29.3 Å². The zero-order valence-corrected chi connectivity index (χ0v) is 16.3. The second-order valence-electron chi connectivity index (χ2n) is 8.09. The third kappa shape index (κ3) is 3.20. The molecule has 160 valence electrons. The Labute approximate surface area is 169 Å². The van der Waals surface area contributed by atoms with Crippen LogP contribution in [-0.4, -0.2) is 38.6 Å². The molecule has 7 nitrogen and oxygen atoms in total. The second-order valence-corrected chi connectivity index (χ2v) is 8.09. The van der Waals surface area contributed by atoms with Crippen LogP contribution in [-0.2, 0) is 11.0 Å². The number of benzene rings is 1. The molecule has 1 aromatic carbocycles. The molecule has 0 spiro atoms. The molecule has 2 unspecified atom stereocenters. The Morgan fingerprint density at radius 2 is 2.07 bits per heavy atom. The van der Waals surface area contributed by atoms with Crippen molar-refractivity contribution in [3.63, 3.8) is 0 Å². The molecule has 2 N–H and O–H groups in total. The minimum atomic E-state index is -4.64. The van der Waals surface area contributed by atoms with Crippen LogP contribution in [0.5, 0.6) is 0 Å². The van der Waals surface area contributed by atoms with Crippen LogP contribution in [0.4, 0.5) is 23.7 Å². The number of aryl methyl sites for hydroxylation is 1. The third-order valence-electron chi connectivity index (χ3n) is 5.80. The van der Waals surface area contributed by atoms with Crippen LogP contribution < -0.4 is 5.32 Å². The van der Waals surface area contributed by atoms with Crippen molar-refractivity contribution < 1.29 is 32.3 Å². The first-order chi connectivity index (χ1) is 14.0. The van der Waals surface area contributed by atoms with Gasteiger partial charge in [-0.1, -0.05) is 6.92 Å². The number of halogens is 3. The maximum absolute atomic E-state index is 13.4. The largest absolute Gasteiger partial charge is 0.479 e. The number of anilines is 1. The number of carboxylic acids is 1. The summed E-state index contributed by atoms with van der Waals surface area (Å²) < 4.78 is 45.4. The molecule has 2 fully saturated rings. The molecule has 3 atom stereocenters. The van der Waals surface area contributed by atoms with Gasteiger partial charge >= 0.3 is 18.2 Å². The summed E-state index contributed by atoms with van der Waals surface area (Å²) >= 11 is 0. The highest BCUT2D eigenvalue weighted by molar-refractivity contribution is 5.96. The van der Waals surface area contributed by atoms with Gasteiger partial charge in [0.1, 0.15) is 11.8 Å².